The number of carboxylic acids is 1. The van der Waals surface area contributed by atoms with Gasteiger partial charge < -0.3 is 9.52 Å². The van der Waals surface area contributed by atoms with Gasteiger partial charge in [0.2, 0.25) is 0 Å². The highest BCUT2D eigenvalue weighted by Crippen LogP contribution is 2.25. The molecule has 5 nitrogen and oxygen atoms in total. The van der Waals surface area contributed by atoms with Crippen LogP contribution in [-0.2, 0) is 0 Å². The Kier molecular flexibility index (Phi) is 3.44. The van der Waals surface area contributed by atoms with Crippen molar-refractivity contribution in [3.63, 3.8) is 0 Å². The first kappa shape index (κ1) is 12.8. The van der Waals surface area contributed by atoms with Gasteiger partial charge in [-0.3, -0.25) is 0 Å². The molecule has 0 unspecified atom stereocenters. The third-order valence-corrected chi connectivity index (χ3v) is 4.21. The molecule has 0 radical (unpaired) electrons. The lowest BCUT2D eigenvalue weighted by Gasteiger charge is -1.86. The zero-order valence-corrected chi connectivity index (χ0v) is 11.6. The van der Waals surface area contributed by atoms with Gasteiger partial charge in [0.25, 0.3) is 0 Å². The van der Waals surface area contributed by atoms with Gasteiger partial charge in [0.15, 0.2) is 10.8 Å². The summed E-state index contributed by atoms with van der Waals surface area (Å²) < 4.78 is 5.27. The summed E-state index contributed by atoms with van der Waals surface area (Å²) in [7, 11) is 0. The lowest BCUT2D eigenvalue weighted by Crippen LogP contribution is -1.89. The Balaban J connectivity index is 1.77. The Morgan fingerprint density at radius 1 is 1.40 bits per heavy atom. The van der Waals surface area contributed by atoms with Crippen LogP contribution in [0.4, 0.5) is 0 Å². The Labute approximate surface area is 121 Å². The van der Waals surface area contributed by atoms with Gasteiger partial charge in [-0.2, -0.15) is 0 Å². The van der Waals surface area contributed by atoms with Crippen molar-refractivity contribution in [1.29, 1.82) is 0 Å². The van der Waals surface area contributed by atoms with Crippen molar-refractivity contribution in [3.05, 3.63) is 45.6 Å². The minimum absolute atomic E-state index is 0.221. The molecule has 0 saturated carbocycles. The van der Waals surface area contributed by atoms with Crippen LogP contribution in [-0.4, -0.2) is 21.0 Å². The van der Waals surface area contributed by atoms with E-state index in [1.54, 1.807) is 18.4 Å². The Hall–Kier alpha value is -2.25. The summed E-state index contributed by atoms with van der Waals surface area (Å²) in [5, 5.41) is 12.2. The predicted molar refractivity (Wildman–Crippen MR) is 77.8 cm³/mol. The number of nitrogens with zero attached hydrogens (tertiary/aromatic N) is 2. The minimum atomic E-state index is -0.962. The number of aromatic nitrogens is 2. The van der Waals surface area contributed by atoms with E-state index in [9.17, 15) is 4.79 Å². The Morgan fingerprint density at radius 3 is 3.00 bits per heavy atom. The van der Waals surface area contributed by atoms with Crippen LogP contribution in [0, 0.1) is 0 Å². The Bertz CT molecular complexity index is 756. The van der Waals surface area contributed by atoms with Crippen LogP contribution in [0.3, 0.4) is 0 Å². The number of thiazole rings is 2. The number of carboxylic acid groups (broad SMARTS) is 1. The monoisotopic (exact) mass is 304 g/mol. The first-order valence-electron chi connectivity index (χ1n) is 5.59. The summed E-state index contributed by atoms with van der Waals surface area (Å²) >= 11 is 2.61. The molecular weight excluding hydrogens is 296 g/mol. The van der Waals surface area contributed by atoms with Crippen molar-refractivity contribution >= 4 is 40.8 Å². The second-order valence-corrected chi connectivity index (χ2v) is 5.68. The number of hydrogen-bond donors (Lipinski definition) is 1. The zero-order chi connectivity index (χ0) is 13.9. The largest absolute Gasteiger partial charge is 0.477 e. The van der Waals surface area contributed by atoms with Crippen LogP contribution >= 0.6 is 22.7 Å². The summed E-state index contributed by atoms with van der Waals surface area (Å²) in [6.45, 7) is 0. The van der Waals surface area contributed by atoms with Crippen LogP contribution in [0.5, 0.6) is 0 Å². The normalized spacial score (nSPS) is 11.2. The summed E-state index contributed by atoms with van der Waals surface area (Å²) in [5.41, 5.74) is 0.786. The number of hydrogen-bond acceptors (Lipinski definition) is 6. The molecule has 0 amide bonds. The van der Waals surface area contributed by atoms with Gasteiger partial charge in [0.05, 0.1) is 18.2 Å². The maximum atomic E-state index is 10.7. The van der Waals surface area contributed by atoms with Crippen LogP contribution < -0.4 is 0 Å². The van der Waals surface area contributed by atoms with Gasteiger partial charge in [-0.25, -0.2) is 14.8 Å². The molecule has 7 heteroatoms. The fraction of sp³-hybridized carbons (Fsp3) is 0. The third kappa shape index (κ3) is 2.68. The van der Waals surface area contributed by atoms with Crippen LogP contribution in [0.25, 0.3) is 22.9 Å². The standard InChI is InChI=1S/C13H8N2O3S2/c16-13(17)10-6-14-11(20-10)4-3-8-7-19-12(15-8)9-2-1-5-18-9/h1-7H,(H,16,17). The zero-order valence-electron chi connectivity index (χ0n) is 10.0. The molecule has 0 saturated heterocycles. The van der Waals surface area contributed by atoms with E-state index < -0.39 is 5.97 Å². The maximum Gasteiger partial charge on any atom is 0.347 e. The van der Waals surface area contributed by atoms with Crippen molar-refractivity contribution in [3.8, 4) is 10.8 Å². The first-order chi connectivity index (χ1) is 9.72. The molecule has 0 bridgehead atoms. The highest BCUT2D eigenvalue weighted by Gasteiger charge is 2.07. The number of aromatic carboxylic acids is 1. The second-order valence-electron chi connectivity index (χ2n) is 3.76. The van der Waals surface area contributed by atoms with Gasteiger partial charge in [-0.05, 0) is 24.3 Å². The summed E-state index contributed by atoms with van der Waals surface area (Å²) in [6.07, 6.45) is 6.50. The van der Waals surface area contributed by atoms with E-state index in [0.717, 1.165) is 27.8 Å². The fourth-order valence-electron chi connectivity index (χ4n) is 1.50. The third-order valence-electron chi connectivity index (χ3n) is 2.38. The minimum Gasteiger partial charge on any atom is -0.477 e. The maximum absolute atomic E-state index is 10.7. The van der Waals surface area contributed by atoms with Crippen LogP contribution in [0.1, 0.15) is 20.4 Å². The smallest absolute Gasteiger partial charge is 0.347 e. The molecule has 0 fully saturated rings. The molecule has 0 aromatic carbocycles. The van der Waals surface area contributed by atoms with E-state index in [2.05, 4.69) is 9.97 Å². The van der Waals surface area contributed by atoms with Crippen molar-refractivity contribution in [2.24, 2.45) is 0 Å². The van der Waals surface area contributed by atoms with Gasteiger partial charge in [0.1, 0.15) is 9.88 Å². The topological polar surface area (TPSA) is 76.2 Å². The van der Waals surface area contributed by atoms with Crippen molar-refractivity contribution in [2.45, 2.75) is 0 Å². The number of furan rings is 1. The second kappa shape index (κ2) is 5.40. The molecule has 3 aromatic heterocycles. The molecule has 0 aliphatic heterocycles. The molecule has 1 N–H and O–H groups in total. The van der Waals surface area contributed by atoms with E-state index in [1.165, 1.54) is 17.5 Å². The molecule has 3 heterocycles. The highest BCUT2D eigenvalue weighted by molar-refractivity contribution is 7.14. The number of rotatable bonds is 4. The molecule has 0 atom stereocenters. The molecule has 100 valence electrons. The molecule has 0 aliphatic carbocycles. The highest BCUT2D eigenvalue weighted by atomic mass is 32.1. The van der Waals surface area contributed by atoms with Gasteiger partial charge in [0, 0.05) is 5.38 Å². The van der Waals surface area contributed by atoms with Crippen LogP contribution in [0.15, 0.2) is 34.4 Å². The van der Waals surface area contributed by atoms with Crippen molar-refractivity contribution < 1.29 is 14.3 Å². The Morgan fingerprint density at radius 2 is 2.30 bits per heavy atom. The molecule has 0 spiro atoms. The van der Waals surface area contributed by atoms with Crippen molar-refractivity contribution in [1.82, 2.24) is 9.97 Å². The average molecular weight is 304 g/mol. The predicted octanol–water partition coefficient (Wildman–Crippen LogP) is 3.73. The molecule has 0 aliphatic rings. The van der Waals surface area contributed by atoms with E-state index >= 15 is 0 Å². The SMILES string of the molecule is O=C(O)c1cnc(C=Cc2csc(-c3ccco3)n2)s1. The molecule has 3 rings (SSSR count). The van der Waals surface area contributed by atoms with E-state index in [0.29, 0.717) is 5.01 Å². The summed E-state index contributed by atoms with van der Waals surface area (Å²) in [4.78, 5) is 19.4. The quantitative estimate of drug-likeness (QED) is 0.794. The van der Waals surface area contributed by atoms with Gasteiger partial charge in [-0.1, -0.05) is 0 Å². The van der Waals surface area contributed by atoms with Crippen LogP contribution in [0.2, 0.25) is 0 Å². The lowest BCUT2D eigenvalue weighted by atomic mass is 10.4. The van der Waals surface area contributed by atoms with E-state index in [4.69, 9.17) is 9.52 Å². The van der Waals surface area contributed by atoms with Gasteiger partial charge in [-0.15, -0.1) is 22.7 Å². The van der Waals surface area contributed by atoms with E-state index in [1.807, 2.05) is 17.5 Å². The number of carbonyl (C=O) groups is 1. The fourth-order valence-corrected chi connectivity index (χ4v) is 2.91. The van der Waals surface area contributed by atoms with Crippen molar-refractivity contribution in [2.75, 3.05) is 0 Å². The van der Waals surface area contributed by atoms with E-state index in [-0.39, 0.29) is 4.88 Å². The molecule has 20 heavy (non-hydrogen) atoms. The molecule has 3 aromatic rings. The average Bonchev–Trinajstić information content (AvgIpc) is 3.17. The first-order valence-corrected chi connectivity index (χ1v) is 7.28. The summed E-state index contributed by atoms with van der Waals surface area (Å²) in [6, 6.07) is 3.67. The lowest BCUT2D eigenvalue weighted by molar-refractivity contribution is 0.0702. The van der Waals surface area contributed by atoms with Gasteiger partial charge >= 0.3 is 5.97 Å². The summed E-state index contributed by atoms with van der Waals surface area (Å²) in [5.74, 6) is -0.229. The molecular formula is C13H8N2O3S2.